The maximum atomic E-state index is 14.4. The number of thiophene rings is 1. The summed E-state index contributed by atoms with van der Waals surface area (Å²) in [6.07, 6.45) is 6.72. The van der Waals surface area contributed by atoms with Gasteiger partial charge in [0.05, 0.1) is 15.6 Å². The largest absolute Gasteiger partial charge is 0.355 e. The second-order valence-electron chi connectivity index (χ2n) is 9.23. The average Bonchev–Trinajstić information content (AvgIpc) is 3.17. The number of hydrogen-bond donors (Lipinski definition) is 1. The van der Waals surface area contributed by atoms with Gasteiger partial charge in [-0.3, -0.25) is 4.79 Å². The summed E-state index contributed by atoms with van der Waals surface area (Å²) in [4.78, 5) is 24.1. The number of amides is 1. The predicted octanol–water partition coefficient (Wildman–Crippen LogP) is 5.14. The smallest absolute Gasteiger partial charge is 0.223 e. The van der Waals surface area contributed by atoms with Gasteiger partial charge in [0.2, 0.25) is 5.91 Å². The van der Waals surface area contributed by atoms with Crippen molar-refractivity contribution in [1.29, 1.82) is 0 Å². The van der Waals surface area contributed by atoms with Gasteiger partial charge in [0, 0.05) is 29.7 Å². The fourth-order valence-electron chi connectivity index (χ4n) is 5.23. The second-order valence-corrected chi connectivity index (χ2v) is 10.3. The number of aromatic nitrogens is 2. The molecule has 31 heavy (non-hydrogen) atoms. The molecule has 0 bridgehead atoms. The van der Waals surface area contributed by atoms with Gasteiger partial charge in [-0.05, 0) is 43.2 Å². The lowest BCUT2D eigenvalue weighted by atomic mass is 9.78. The number of anilines is 1. The molecule has 0 spiro atoms. The lowest BCUT2D eigenvalue weighted by Crippen LogP contribution is -2.48. The highest BCUT2D eigenvalue weighted by Gasteiger charge is 2.32. The molecule has 3 heterocycles. The first kappa shape index (κ1) is 20.6. The second kappa shape index (κ2) is 8.34. The van der Waals surface area contributed by atoms with E-state index in [1.165, 1.54) is 25.2 Å². The molecular weight excluding hydrogens is 411 g/mol. The number of carbonyl (C=O) groups is 1. The first-order chi connectivity index (χ1) is 15.0. The molecule has 5 rings (SSSR count). The molecule has 1 saturated carbocycles. The fraction of sp³-hybridized carbons (Fsp3) is 0.542. The molecule has 164 valence electrons. The SMILES string of the molecule is C[C@H]1[C@H](C)CCC[C@@H]1NC(=O)C1CCN(c2ncnc3c2sc2cccc(F)c23)CC1. The summed E-state index contributed by atoms with van der Waals surface area (Å²) in [5.74, 6) is 2.10. The normalized spacial score (nSPS) is 25.3. The third-order valence-corrected chi connectivity index (χ3v) is 8.55. The number of halogens is 1. The van der Waals surface area contributed by atoms with E-state index in [0.29, 0.717) is 28.8 Å². The van der Waals surface area contributed by atoms with E-state index in [2.05, 4.69) is 34.0 Å². The number of carbonyl (C=O) groups excluding carboxylic acids is 1. The van der Waals surface area contributed by atoms with Gasteiger partial charge in [0.15, 0.2) is 0 Å². The third-order valence-electron chi connectivity index (χ3n) is 7.41. The van der Waals surface area contributed by atoms with E-state index in [-0.39, 0.29) is 17.6 Å². The van der Waals surface area contributed by atoms with Crippen LogP contribution in [0.25, 0.3) is 20.3 Å². The van der Waals surface area contributed by atoms with Gasteiger partial charge in [0.1, 0.15) is 18.0 Å². The van der Waals surface area contributed by atoms with E-state index in [1.54, 1.807) is 17.4 Å². The Labute approximate surface area is 186 Å². The van der Waals surface area contributed by atoms with E-state index < -0.39 is 0 Å². The van der Waals surface area contributed by atoms with Crippen molar-refractivity contribution < 1.29 is 9.18 Å². The van der Waals surface area contributed by atoms with Gasteiger partial charge in [-0.2, -0.15) is 0 Å². The number of benzene rings is 1. The minimum atomic E-state index is -0.241. The maximum Gasteiger partial charge on any atom is 0.223 e. The molecule has 0 unspecified atom stereocenters. The summed E-state index contributed by atoms with van der Waals surface area (Å²) < 4.78 is 16.2. The summed E-state index contributed by atoms with van der Waals surface area (Å²) in [5, 5.41) is 3.93. The van der Waals surface area contributed by atoms with Gasteiger partial charge in [0.25, 0.3) is 0 Å². The van der Waals surface area contributed by atoms with Gasteiger partial charge in [-0.1, -0.05) is 32.8 Å². The van der Waals surface area contributed by atoms with Crippen molar-refractivity contribution in [2.75, 3.05) is 18.0 Å². The van der Waals surface area contributed by atoms with Crippen LogP contribution < -0.4 is 10.2 Å². The molecule has 1 amide bonds. The van der Waals surface area contributed by atoms with Crippen molar-refractivity contribution in [2.45, 2.75) is 52.0 Å². The van der Waals surface area contributed by atoms with Crippen LogP contribution in [-0.4, -0.2) is 35.0 Å². The summed E-state index contributed by atoms with van der Waals surface area (Å²) in [6, 6.07) is 5.45. The molecule has 3 aromatic rings. The van der Waals surface area contributed by atoms with Crippen LogP contribution in [0.3, 0.4) is 0 Å². The van der Waals surface area contributed by atoms with Gasteiger partial charge in [-0.15, -0.1) is 11.3 Å². The zero-order chi connectivity index (χ0) is 21.5. The van der Waals surface area contributed by atoms with Crippen molar-refractivity contribution in [3.05, 3.63) is 30.3 Å². The average molecular weight is 441 g/mol. The van der Waals surface area contributed by atoms with E-state index in [1.807, 2.05) is 6.07 Å². The van der Waals surface area contributed by atoms with Crippen LogP contribution in [0.1, 0.15) is 46.0 Å². The van der Waals surface area contributed by atoms with Crippen LogP contribution >= 0.6 is 11.3 Å². The standard InChI is InChI=1S/C24H29FN4OS/c1-14-5-3-7-18(15(14)2)28-24(30)16-9-11-29(12-10-16)23-22-21(26-13-27-23)20-17(25)6-4-8-19(20)31-22/h4,6,8,13-16,18H,3,5,7,9-12H2,1-2H3,(H,28,30)/t14-,15+,18+/m1/s1. The van der Waals surface area contributed by atoms with E-state index >= 15 is 0 Å². The lowest BCUT2D eigenvalue weighted by Gasteiger charge is -2.37. The highest BCUT2D eigenvalue weighted by molar-refractivity contribution is 7.26. The van der Waals surface area contributed by atoms with Crippen molar-refractivity contribution in [1.82, 2.24) is 15.3 Å². The molecule has 5 nitrogen and oxygen atoms in total. The summed E-state index contributed by atoms with van der Waals surface area (Å²) >= 11 is 1.54. The molecule has 7 heteroatoms. The minimum Gasteiger partial charge on any atom is -0.355 e. The molecule has 0 radical (unpaired) electrons. The molecule has 2 aromatic heterocycles. The van der Waals surface area contributed by atoms with Crippen molar-refractivity contribution >= 4 is 43.4 Å². The van der Waals surface area contributed by atoms with Crippen LogP contribution in [0.15, 0.2) is 24.5 Å². The number of nitrogens with zero attached hydrogens (tertiary/aromatic N) is 3. The highest BCUT2D eigenvalue weighted by atomic mass is 32.1. The molecular formula is C24H29FN4OS. The van der Waals surface area contributed by atoms with Crippen LogP contribution in [0, 0.1) is 23.6 Å². The molecule has 1 N–H and O–H groups in total. The fourth-order valence-corrected chi connectivity index (χ4v) is 6.42. The number of hydrogen-bond acceptors (Lipinski definition) is 5. The number of fused-ring (bicyclic) bond motifs is 3. The quantitative estimate of drug-likeness (QED) is 0.613. The number of piperidine rings is 1. The lowest BCUT2D eigenvalue weighted by molar-refractivity contribution is -0.127. The van der Waals surface area contributed by atoms with Crippen LogP contribution in [0.4, 0.5) is 10.2 Å². The van der Waals surface area contributed by atoms with Crippen molar-refractivity contribution in [3.8, 4) is 0 Å². The zero-order valence-electron chi connectivity index (χ0n) is 18.1. The third kappa shape index (κ3) is 3.77. The Morgan fingerprint density at radius 3 is 2.77 bits per heavy atom. The van der Waals surface area contributed by atoms with Crippen molar-refractivity contribution in [3.63, 3.8) is 0 Å². The Bertz CT molecular complexity index is 1110. The monoisotopic (exact) mass is 440 g/mol. The Morgan fingerprint density at radius 1 is 1.16 bits per heavy atom. The van der Waals surface area contributed by atoms with E-state index in [4.69, 9.17) is 0 Å². The Morgan fingerprint density at radius 2 is 1.97 bits per heavy atom. The van der Waals surface area contributed by atoms with Gasteiger partial charge in [-0.25, -0.2) is 14.4 Å². The van der Waals surface area contributed by atoms with Crippen LogP contribution in [-0.2, 0) is 4.79 Å². The number of rotatable bonds is 3. The van der Waals surface area contributed by atoms with Crippen LogP contribution in [0.2, 0.25) is 0 Å². The minimum absolute atomic E-state index is 0.0536. The summed E-state index contributed by atoms with van der Waals surface area (Å²) in [7, 11) is 0. The topological polar surface area (TPSA) is 58.1 Å². The first-order valence-electron chi connectivity index (χ1n) is 11.4. The molecule has 1 saturated heterocycles. The van der Waals surface area contributed by atoms with E-state index in [9.17, 15) is 9.18 Å². The van der Waals surface area contributed by atoms with Gasteiger partial charge < -0.3 is 10.2 Å². The molecule has 3 atom stereocenters. The Hall–Kier alpha value is -2.28. The molecule has 2 fully saturated rings. The molecule has 1 aromatic carbocycles. The predicted molar refractivity (Wildman–Crippen MR) is 124 cm³/mol. The molecule has 1 aliphatic heterocycles. The zero-order valence-corrected chi connectivity index (χ0v) is 18.9. The molecule has 2 aliphatic rings. The highest BCUT2D eigenvalue weighted by Crippen LogP contribution is 2.39. The van der Waals surface area contributed by atoms with Crippen LogP contribution in [0.5, 0.6) is 0 Å². The Balaban J connectivity index is 1.30. The summed E-state index contributed by atoms with van der Waals surface area (Å²) in [6.45, 7) is 6.12. The molecule has 1 aliphatic carbocycles. The first-order valence-corrected chi connectivity index (χ1v) is 12.2. The Kier molecular flexibility index (Phi) is 5.54. The van der Waals surface area contributed by atoms with E-state index in [0.717, 1.165) is 47.6 Å². The van der Waals surface area contributed by atoms with Crippen molar-refractivity contribution in [2.24, 2.45) is 17.8 Å². The summed E-state index contributed by atoms with van der Waals surface area (Å²) in [5.41, 5.74) is 0.684. The number of nitrogens with one attached hydrogen (secondary N) is 1. The van der Waals surface area contributed by atoms with Gasteiger partial charge >= 0.3 is 0 Å². The maximum absolute atomic E-state index is 14.4.